The van der Waals surface area contributed by atoms with Crippen molar-refractivity contribution in [3.05, 3.63) is 35.9 Å². The summed E-state index contributed by atoms with van der Waals surface area (Å²) >= 11 is 1.62. The highest BCUT2D eigenvalue weighted by atomic mass is 32.2. The van der Waals surface area contributed by atoms with Gasteiger partial charge in [0.15, 0.2) is 0 Å². The zero-order valence-electron chi connectivity index (χ0n) is 12.0. The topological polar surface area (TPSA) is 57.6 Å². The van der Waals surface area contributed by atoms with Crippen molar-refractivity contribution in [2.75, 3.05) is 18.8 Å². The van der Waals surface area contributed by atoms with Gasteiger partial charge in [-0.1, -0.05) is 30.3 Å². The number of carbonyl (C=O) groups is 2. The number of amides is 1. The molecule has 2 rings (SSSR count). The van der Waals surface area contributed by atoms with E-state index in [2.05, 4.69) is 12.1 Å². The largest absolute Gasteiger partial charge is 0.481 e. The number of rotatable bonds is 6. The molecule has 1 aromatic carbocycles. The van der Waals surface area contributed by atoms with Crippen LogP contribution in [0.25, 0.3) is 0 Å². The molecule has 0 aromatic heterocycles. The minimum Gasteiger partial charge on any atom is -0.481 e. The molecule has 1 heterocycles. The first-order valence-electron chi connectivity index (χ1n) is 7.26. The number of nitrogens with zero attached hydrogens (tertiary/aromatic N) is 1. The van der Waals surface area contributed by atoms with E-state index in [-0.39, 0.29) is 18.2 Å². The van der Waals surface area contributed by atoms with Crippen LogP contribution in [0.5, 0.6) is 0 Å². The number of hydrogen-bond acceptors (Lipinski definition) is 3. The maximum absolute atomic E-state index is 12.2. The van der Waals surface area contributed by atoms with E-state index in [1.54, 1.807) is 11.8 Å². The lowest BCUT2D eigenvalue weighted by Gasteiger charge is -2.32. The van der Waals surface area contributed by atoms with Crippen molar-refractivity contribution in [2.45, 2.75) is 25.0 Å². The molecule has 1 saturated heterocycles. The van der Waals surface area contributed by atoms with Gasteiger partial charge in [-0.15, -0.1) is 11.8 Å². The van der Waals surface area contributed by atoms with Crippen molar-refractivity contribution in [3.63, 3.8) is 0 Å². The maximum atomic E-state index is 12.2. The standard InChI is InChI=1S/C16H21NO3S/c18-15(12-21-11-13-5-2-1-3-6-13)17-8-4-7-14(10-17)9-16(19)20/h1-3,5-6,14H,4,7-12H2,(H,19,20). The Morgan fingerprint density at radius 1 is 1.29 bits per heavy atom. The molecule has 1 unspecified atom stereocenters. The fourth-order valence-electron chi connectivity index (χ4n) is 2.63. The summed E-state index contributed by atoms with van der Waals surface area (Å²) in [5.74, 6) is 0.770. The Morgan fingerprint density at radius 3 is 2.76 bits per heavy atom. The van der Waals surface area contributed by atoms with Crippen molar-refractivity contribution in [2.24, 2.45) is 5.92 Å². The molecule has 0 spiro atoms. The molecule has 0 bridgehead atoms. The van der Waals surface area contributed by atoms with Crippen molar-refractivity contribution in [1.29, 1.82) is 0 Å². The molecule has 0 aliphatic carbocycles. The van der Waals surface area contributed by atoms with Crippen LogP contribution in [0.15, 0.2) is 30.3 Å². The average molecular weight is 307 g/mol. The van der Waals surface area contributed by atoms with Gasteiger partial charge in [0, 0.05) is 25.3 Å². The lowest BCUT2D eigenvalue weighted by atomic mass is 9.95. The minimum atomic E-state index is -0.771. The number of carboxylic acid groups (broad SMARTS) is 1. The predicted octanol–water partition coefficient (Wildman–Crippen LogP) is 2.63. The lowest BCUT2D eigenvalue weighted by molar-refractivity contribution is -0.140. The highest BCUT2D eigenvalue weighted by Crippen LogP contribution is 2.21. The molecule has 4 nitrogen and oxygen atoms in total. The molecule has 1 aliphatic rings. The number of hydrogen-bond donors (Lipinski definition) is 1. The van der Waals surface area contributed by atoms with Gasteiger partial charge in [0.2, 0.25) is 5.91 Å². The van der Waals surface area contributed by atoms with Crippen molar-refractivity contribution < 1.29 is 14.7 Å². The lowest BCUT2D eigenvalue weighted by Crippen LogP contribution is -2.41. The third-order valence-electron chi connectivity index (χ3n) is 3.67. The van der Waals surface area contributed by atoms with Crippen LogP contribution in [0.1, 0.15) is 24.8 Å². The number of piperidine rings is 1. The zero-order chi connectivity index (χ0) is 15.1. The Bertz CT molecular complexity index is 478. The Balaban J connectivity index is 1.73. The summed E-state index contributed by atoms with van der Waals surface area (Å²) in [7, 11) is 0. The first-order valence-corrected chi connectivity index (χ1v) is 8.42. The van der Waals surface area contributed by atoms with Gasteiger partial charge in [-0.3, -0.25) is 9.59 Å². The number of carbonyl (C=O) groups excluding carboxylic acids is 1. The SMILES string of the molecule is O=C(O)CC1CCCN(C(=O)CSCc2ccccc2)C1. The molecule has 1 N–H and O–H groups in total. The fourth-order valence-corrected chi connectivity index (χ4v) is 3.51. The third kappa shape index (κ3) is 5.42. The monoisotopic (exact) mass is 307 g/mol. The van der Waals surface area contributed by atoms with Gasteiger partial charge in [-0.05, 0) is 24.3 Å². The van der Waals surface area contributed by atoms with Gasteiger partial charge in [-0.2, -0.15) is 0 Å². The first kappa shape index (κ1) is 15.9. The molecule has 114 valence electrons. The Hall–Kier alpha value is -1.49. The number of likely N-dealkylation sites (tertiary alicyclic amines) is 1. The van der Waals surface area contributed by atoms with Gasteiger partial charge in [0.05, 0.1) is 5.75 Å². The second-order valence-corrected chi connectivity index (χ2v) is 6.41. The van der Waals surface area contributed by atoms with Gasteiger partial charge < -0.3 is 10.0 Å². The fraction of sp³-hybridized carbons (Fsp3) is 0.500. The second-order valence-electron chi connectivity index (χ2n) is 5.42. The zero-order valence-corrected chi connectivity index (χ0v) is 12.8. The van der Waals surface area contributed by atoms with Crippen molar-refractivity contribution in [1.82, 2.24) is 4.90 Å². The summed E-state index contributed by atoms with van der Waals surface area (Å²) in [5.41, 5.74) is 1.22. The van der Waals surface area contributed by atoms with E-state index in [4.69, 9.17) is 5.11 Å². The van der Waals surface area contributed by atoms with E-state index < -0.39 is 5.97 Å². The van der Waals surface area contributed by atoms with Crippen molar-refractivity contribution >= 4 is 23.6 Å². The van der Waals surface area contributed by atoms with Crippen LogP contribution in [0.2, 0.25) is 0 Å². The van der Waals surface area contributed by atoms with Gasteiger partial charge >= 0.3 is 5.97 Å². The molecular weight excluding hydrogens is 286 g/mol. The number of aliphatic carboxylic acids is 1. The quantitative estimate of drug-likeness (QED) is 0.878. The number of thioether (sulfide) groups is 1. The molecule has 21 heavy (non-hydrogen) atoms. The van der Waals surface area contributed by atoms with Crippen molar-refractivity contribution in [3.8, 4) is 0 Å². The average Bonchev–Trinajstić information content (AvgIpc) is 2.48. The molecule has 1 aromatic rings. The Morgan fingerprint density at radius 2 is 2.05 bits per heavy atom. The van der Waals surface area contributed by atoms with E-state index in [0.717, 1.165) is 25.1 Å². The van der Waals surface area contributed by atoms with Gasteiger partial charge in [-0.25, -0.2) is 0 Å². The molecular formula is C16H21NO3S. The predicted molar refractivity (Wildman–Crippen MR) is 84.2 cm³/mol. The van der Waals surface area contributed by atoms with E-state index in [1.807, 2.05) is 23.1 Å². The highest BCUT2D eigenvalue weighted by molar-refractivity contribution is 7.99. The van der Waals surface area contributed by atoms with E-state index >= 15 is 0 Å². The van der Waals surface area contributed by atoms with Crippen LogP contribution >= 0.6 is 11.8 Å². The summed E-state index contributed by atoms with van der Waals surface area (Å²) in [4.78, 5) is 24.8. The molecule has 1 amide bonds. The molecule has 1 fully saturated rings. The molecule has 5 heteroatoms. The van der Waals surface area contributed by atoms with E-state index in [0.29, 0.717) is 12.3 Å². The molecule has 0 saturated carbocycles. The molecule has 1 atom stereocenters. The van der Waals surface area contributed by atoms with E-state index in [1.165, 1.54) is 5.56 Å². The first-order chi connectivity index (χ1) is 10.1. The summed E-state index contributed by atoms with van der Waals surface area (Å²) < 4.78 is 0. The van der Waals surface area contributed by atoms with Crippen LogP contribution in [-0.4, -0.2) is 40.7 Å². The Labute approximate surface area is 129 Å². The maximum Gasteiger partial charge on any atom is 0.303 e. The Kier molecular flexibility index (Phi) is 6.11. The van der Waals surface area contributed by atoms with Gasteiger partial charge in [0.25, 0.3) is 0 Å². The van der Waals surface area contributed by atoms with Crippen LogP contribution in [-0.2, 0) is 15.3 Å². The third-order valence-corrected chi connectivity index (χ3v) is 4.66. The van der Waals surface area contributed by atoms with Crippen LogP contribution in [0.4, 0.5) is 0 Å². The molecule has 0 radical (unpaired) electrons. The normalized spacial score (nSPS) is 18.5. The highest BCUT2D eigenvalue weighted by Gasteiger charge is 2.24. The minimum absolute atomic E-state index is 0.110. The number of benzene rings is 1. The summed E-state index contributed by atoms with van der Waals surface area (Å²) in [6.07, 6.45) is 1.99. The van der Waals surface area contributed by atoms with E-state index in [9.17, 15) is 9.59 Å². The number of carboxylic acids is 1. The van der Waals surface area contributed by atoms with Crippen LogP contribution < -0.4 is 0 Å². The molecule has 1 aliphatic heterocycles. The van der Waals surface area contributed by atoms with Crippen LogP contribution in [0.3, 0.4) is 0 Å². The van der Waals surface area contributed by atoms with Gasteiger partial charge in [0.1, 0.15) is 0 Å². The summed E-state index contributed by atoms with van der Waals surface area (Å²) in [5, 5.41) is 8.85. The summed E-state index contributed by atoms with van der Waals surface area (Å²) in [6.45, 7) is 1.36. The second kappa shape index (κ2) is 8.08. The van der Waals surface area contributed by atoms with Crippen LogP contribution in [0, 0.1) is 5.92 Å². The summed E-state index contributed by atoms with van der Waals surface area (Å²) in [6, 6.07) is 10.1. The smallest absolute Gasteiger partial charge is 0.303 e.